The van der Waals surface area contributed by atoms with E-state index in [0.717, 1.165) is 16.9 Å². The van der Waals surface area contributed by atoms with Crippen molar-refractivity contribution in [3.8, 4) is 5.75 Å². The summed E-state index contributed by atoms with van der Waals surface area (Å²) in [4.78, 5) is 66.5. The van der Waals surface area contributed by atoms with Crippen molar-refractivity contribution in [2.24, 2.45) is 0 Å². The van der Waals surface area contributed by atoms with Crippen LogP contribution in [0.1, 0.15) is 16.7 Å². The van der Waals surface area contributed by atoms with Crippen molar-refractivity contribution in [1.29, 1.82) is 0 Å². The molecule has 2 atom stereocenters. The molecule has 0 bridgehead atoms. The summed E-state index contributed by atoms with van der Waals surface area (Å²) in [6, 6.07) is 16.6. The van der Waals surface area contributed by atoms with Crippen LogP contribution in [0.3, 0.4) is 0 Å². The Hall–Kier alpha value is -4.60. The number of nitrogens with one attached hydrogen (secondary N) is 1. The van der Waals surface area contributed by atoms with E-state index in [9.17, 15) is 23.3 Å². The highest BCUT2D eigenvalue weighted by Crippen LogP contribution is 2.38. The van der Waals surface area contributed by atoms with Gasteiger partial charge in [0.05, 0.1) is 23.3 Å². The van der Waals surface area contributed by atoms with E-state index in [1.165, 1.54) is 28.1 Å². The number of nitrogens with two attached hydrogens (primary N) is 1. The van der Waals surface area contributed by atoms with Crippen LogP contribution in [0.5, 0.6) is 5.75 Å². The second kappa shape index (κ2) is 12.9. The molecule has 47 heavy (non-hydrogen) atoms. The smallest absolute Gasteiger partial charge is 0.404 e. The lowest BCUT2D eigenvalue weighted by Crippen LogP contribution is -2.65. The van der Waals surface area contributed by atoms with E-state index < -0.39 is 31.9 Å². The van der Waals surface area contributed by atoms with Crippen LogP contribution in [0.25, 0.3) is 10.2 Å². The molecule has 14 nitrogen and oxygen atoms in total. The Morgan fingerprint density at radius 3 is 2.55 bits per heavy atom. The number of anilines is 1. The largest absolute Gasteiger partial charge is 0.524 e. The lowest BCUT2D eigenvalue weighted by molar-refractivity contribution is -0.157. The maximum absolute atomic E-state index is 14.6. The number of rotatable bonds is 9. The standard InChI is InChI=1S/C30H31FN7O7PS/c1-35(30(41)33-14-19-5-3-2-4-6-19)37-17-25(39)38-23(13-18-7-10-21(11-8-18)45-46(42,43)44)28(40)36(16-24(37)38)15-20-9-12-22(31)27-26(20)34-29(32)47-27/h2-12,23-24H,13-17H2,1H3,(H2,32,34)(H,33,41)(H2,42,43,44)/t23-,24+/m1/s1. The molecular weight excluding hydrogens is 652 g/mol. The Balaban J connectivity index is 1.29. The number of nitrogen functional groups attached to an aromatic ring is 1. The second-order valence-corrected chi connectivity index (χ2v) is 13.3. The fraction of sp³-hybridized carbons (Fsp3) is 0.267. The number of urea groups is 1. The van der Waals surface area contributed by atoms with Crippen LogP contribution < -0.4 is 15.6 Å². The number of hydrogen-bond acceptors (Lipinski definition) is 9. The number of halogens is 1. The van der Waals surface area contributed by atoms with Crippen molar-refractivity contribution in [2.75, 3.05) is 25.9 Å². The number of thiazole rings is 1. The van der Waals surface area contributed by atoms with Crippen LogP contribution in [0.4, 0.5) is 14.3 Å². The molecule has 2 aliphatic heterocycles. The topological polar surface area (TPSA) is 182 Å². The molecule has 17 heteroatoms. The van der Waals surface area contributed by atoms with Crippen LogP contribution in [-0.4, -0.2) is 84.8 Å². The number of phosphoric acid groups is 1. The quantitative estimate of drug-likeness (QED) is 0.192. The number of piperazine rings is 1. The zero-order valence-electron chi connectivity index (χ0n) is 25.0. The molecule has 0 radical (unpaired) electrons. The van der Waals surface area contributed by atoms with Gasteiger partial charge >= 0.3 is 13.9 Å². The van der Waals surface area contributed by atoms with Gasteiger partial charge in [-0.15, -0.1) is 0 Å². The van der Waals surface area contributed by atoms with E-state index in [1.54, 1.807) is 35.2 Å². The molecule has 0 aliphatic carbocycles. The van der Waals surface area contributed by atoms with Crippen LogP contribution in [-0.2, 0) is 33.7 Å². The Bertz CT molecular complexity index is 1870. The van der Waals surface area contributed by atoms with Crippen molar-refractivity contribution >= 4 is 52.4 Å². The maximum Gasteiger partial charge on any atom is 0.524 e. The summed E-state index contributed by atoms with van der Waals surface area (Å²) in [5, 5.41) is 5.98. The molecular formula is C30H31FN7O7PS. The van der Waals surface area contributed by atoms with Gasteiger partial charge in [0.1, 0.15) is 23.8 Å². The van der Waals surface area contributed by atoms with Gasteiger partial charge in [0.2, 0.25) is 11.8 Å². The second-order valence-electron chi connectivity index (χ2n) is 11.1. The monoisotopic (exact) mass is 683 g/mol. The Kier molecular flexibility index (Phi) is 8.87. The molecule has 1 aromatic heterocycles. The van der Waals surface area contributed by atoms with Crippen LogP contribution in [0.15, 0.2) is 66.7 Å². The number of fused-ring (bicyclic) bond motifs is 2. The molecule has 2 aliphatic rings. The van der Waals surface area contributed by atoms with Crippen molar-refractivity contribution in [2.45, 2.75) is 31.7 Å². The Labute approximate surface area is 272 Å². The first-order valence-electron chi connectivity index (χ1n) is 14.5. The lowest BCUT2D eigenvalue weighted by Gasteiger charge is -2.45. The highest BCUT2D eigenvalue weighted by atomic mass is 32.1. The first-order valence-corrected chi connectivity index (χ1v) is 16.8. The summed E-state index contributed by atoms with van der Waals surface area (Å²) >= 11 is 1.01. The van der Waals surface area contributed by atoms with E-state index in [1.807, 2.05) is 30.3 Å². The van der Waals surface area contributed by atoms with Crippen molar-refractivity contribution in [1.82, 2.24) is 30.1 Å². The van der Waals surface area contributed by atoms with Gasteiger partial charge in [0.15, 0.2) is 5.13 Å². The van der Waals surface area contributed by atoms with Crippen molar-refractivity contribution in [3.05, 3.63) is 89.2 Å². The fourth-order valence-electron chi connectivity index (χ4n) is 5.88. The average molecular weight is 684 g/mol. The first-order chi connectivity index (χ1) is 22.4. The van der Waals surface area contributed by atoms with Gasteiger partial charge in [-0.1, -0.05) is 59.9 Å². The summed E-state index contributed by atoms with van der Waals surface area (Å²) in [5.41, 5.74) is 8.29. The van der Waals surface area contributed by atoms with E-state index in [0.29, 0.717) is 16.6 Å². The van der Waals surface area contributed by atoms with Crippen molar-refractivity contribution < 1.29 is 37.6 Å². The van der Waals surface area contributed by atoms with Gasteiger partial charge < -0.3 is 25.4 Å². The summed E-state index contributed by atoms with van der Waals surface area (Å²) in [5.74, 6) is -1.27. The number of phosphoric ester groups is 1. The van der Waals surface area contributed by atoms with Gasteiger partial charge in [0.25, 0.3) is 0 Å². The number of carbonyl (C=O) groups is 3. The lowest BCUT2D eigenvalue weighted by atomic mass is 9.99. The molecule has 6 rings (SSSR count). The predicted molar refractivity (Wildman–Crippen MR) is 170 cm³/mol. The van der Waals surface area contributed by atoms with Gasteiger partial charge in [0, 0.05) is 26.6 Å². The number of carbonyl (C=O) groups excluding carboxylic acids is 3. The molecule has 5 N–H and O–H groups in total. The van der Waals surface area contributed by atoms with Crippen LogP contribution in [0.2, 0.25) is 0 Å². The van der Waals surface area contributed by atoms with Crippen molar-refractivity contribution in [3.63, 3.8) is 0 Å². The molecule has 0 saturated carbocycles. The highest BCUT2D eigenvalue weighted by molar-refractivity contribution is 7.46. The number of nitrogens with zero attached hydrogens (tertiary/aromatic N) is 5. The van der Waals surface area contributed by atoms with Gasteiger partial charge in [-0.3, -0.25) is 24.4 Å². The van der Waals surface area contributed by atoms with E-state index in [2.05, 4.69) is 14.8 Å². The SMILES string of the molecule is CN(C(=O)NCc1ccccc1)N1CC(=O)N2[C@H](Cc3ccc(OP(=O)(O)O)cc3)C(=O)N(Cc3ccc(F)c4sc(N)nc34)C[C@H]21. The third kappa shape index (κ3) is 6.92. The van der Waals surface area contributed by atoms with Gasteiger partial charge in [-0.2, -0.15) is 5.01 Å². The summed E-state index contributed by atoms with van der Waals surface area (Å²) < 4.78 is 30.7. The number of benzene rings is 3. The number of hydrazine groups is 1. The number of amides is 4. The molecule has 4 aromatic rings. The summed E-state index contributed by atoms with van der Waals surface area (Å²) in [6.07, 6.45) is -0.653. The maximum atomic E-state index is 14.6. The third-order valence-electron chi connectivity index (χ3n) is 8.07. The first kappa shape index (κ1) is 32.3. The predicted octanol–water partition coefficient (Wildman–Crippen LogP) is 2.67. The molecule has 246 valence electrons. The van der Waals surface area contributed by atoms with E-state index >= 15 is 0 Å². The zero-order valence-corrected chi connectivity index (χ0v) is 26.7. The Morgan fingerprint density at radius 2 is 1.85 bits per heavy atom. The van der Waals surface area contributed by atoms with E-state index in [-0.39, 0.29) is 60.0 Å². The van der Waals surface area contributed by atoms with Gasteiger partial charge in [-0.05, 0) is 34.9 Å². The molecule has 3 aromatic carbocycles. The Morgan fingerprint density at radius 1 is 1.13 bits per heavy atom. The number of aromatic nitrogens is 1. The summed E-state index contributed by atoms with van der Waals surface area (Å²) in [7, 11) is -3.22. The summed E-state index contributed by atoms with van der Waals surface area (Å²) in [6.45, 7) is 0.202. The molecule has 0 unspecified atom stereocenters. The molecule has 2 saturated heterocycles. The molecule has 4 amide bonds. The molecule has 3 heterocycles. The minimum Gasteiger partial charge on any atom is -0.404 e. The fourth-order valence-corrected chi connectivity index (χ4v) is 7.06. The highest BCUT2D eigenvalue weighted by Gasteiger charge is 2.51. The van der Waals surface area contributed by atoms with Crippen LogP contribution in [0, 0.1) is 5.82 Å². The van der Waals surface area contributed by atoms with E-state index in [4.69, 9.17) is 15.5 Å². The molecule has 2 fully saturated rings. The minimum atomic E-state index is -4.77. The zero-order chi connectivity index (χ0) is 33.5. The number of hydrogen-bond donors (Lipinski definition) is 4. The van der Waals surface area contributed by atoms with Crippen LogP contribution >= 0.6 is 19.2 Å². The third-order valence-corrected chi connectivity index (χ3v) is 9.41. The average Bonchev–Trinajstić information content (AvgIpc) is 3.59. The minimum absolute atomic E-state index is 0.0423. The normalized spacial score (nSPS) is 18.5. The van der Waals surface area contributed by atoms with Gasteiger partial charge in [-0.25, -0.2) is 18.7 Å². The molecule has 0 spiro atoms.